The molecule has 0 rings (SSSR count). The lowest BCUT2D eigenvalue weighted by Gasteiger charge is -2.09. The summed E-state index contributed by atoms with van der Waals surface area (Å²) in [6.07, 6.45) is 18.2. The van der Waals surface area contributed by atoms with Gasteiger partial charge in [-0.2, -0.15) is 0 Å². The molecule has 3 heteroatoms. The summed E-state index contributed by atoms with van der Waals surface area (Å²) in [5.41, 5.74) is 0. The first-order valence-corrected chi connectivity index (χ1v) is 10.5. The van der Waals surface area contributed by atoms with E-state index in [1.165, 1.54) is 83.5 Å². The van der Waals surface area contributed by atoms with Crippen LogP contribution in [0.1, 0.15) is 90.4 Å². The molecule has 0 aromatic heterocycles. The van der Waals surface area contributed by atoms with Gasteiger partial charge in [0.25, 0.3) is 0 Å². The third-order valence-corrected chi connectivity index (χ3v) is 4.77. The van der Waals surface area contributed by atoms with Gasteiger partial charge in [-0.3, -0.25) is 0 Å². The molecule has 0 amide bonds. The van der Waals surface area contributed by atoms with Crippen molar-refractivity contribution >= 4 is 27.5 Å². The lowest BCUT2D eigenvalue weighted by atomic mass is 10.0. The van der Waals surface area contributed by atoms with Crippen LogP contribution in [-0.4, -0.2) is 23.9 Å². The van der Waals surface area contributed by atoms with E-state index in [1.54, 1.807) is 0 Å². The number of rotatable bonds is 17. The summed E-state index contributed by atoms with van der Waals surface area (Å²) in [5, 5.41) is 0. The molecule has 0 heterocycles. The molecular formula is C18H36BrClO. The highest BCUT2D eigenvalue weighted by Crippen LogP contribution is 2.15. The summed E-state index contributed by atoms with van der Waals surface area (Å²) in [5.74, 6) is 0.596. The fraction of sp³-hybridized carbons (Fsp3) is 1.00. The highest BCUT2D eigenvalue weighted by Gasteiger charge is 2.03. The lowest BCUT2D eigenvalue weighted by Crippen LogP contribution is -2.09. The van der Waals surface area contributed by atoms with Crippen molar-refractivity contribution in [1.82, 2.24) is 0 Å². The maximum absolute atomic E-state index is 5.57. The Balaban J connectivity index is 3.05. The molecular weight excluding hydrogens is 348 g/mol. The van der Waals surface area contributed by atoms with E-state index in [0.29, 0.717) is 17.3 Å². The molecule has 0 fully saturated rings. The van der Waals surface area contributed by atoms with Crippen LogP contribution in [0.15, 0.2) is 0 Å². The van der Waals surface area contributed by atoms with Gasteiger partial charge in [-0.15, -0.1) is 11.6 Å². The van der Waals surface area contributed by atoms with E-state index in [0.717, 1.165) is 6.61 Å². The molecule has 0 aromatic carbocycles. The molecule has 1 atom stereocenters. The summed E-state index contributed by atoms with van der Waals surface area (Å²) in [4.78, 5) is 0.504. The Morgan fingerprint density at radius 2 is 1.29 bits per heavy atom. The molecule has 0 spiro atoms. The minimum absolute atomic E-state index is 0.504. The van der Waals surface area contributed by atoms with Gasteiger partial charge >= 0.3 is 0 Å². The van der Waals surface area contributed by atoms with Crippen LogP contribution in [0.2, 0.25) is 0 Å². The van der Waals surface area contributed by atoms with Gasteiger partial charge in [0.15, 0.2) is 0 Å². The molecule has 0 radical (unpaired) electrons. The first-order chi connectivity index (χ1) is 10.3. The average molecular weight is 384 g/mol. The van der Waals surface area contributed by atoms with E-state index in [9.17, 15) is 0 Å². The second-order valence-corrected chi connectivity index (χ2v) is 7.71. The Bertz CT molecular complexity index is 190. The van der Waals surface area contributed by atoms with Gasteiger partial charge in [-0.1, -0.05) is 99.9 Å². The topological polar surface area (TPSA) is 9.23 Å². The van der Waals surface area contributed by atoms with Crippen LogP contribution in [0, 0.1) is 0 Å². The number of halogens is 2. The summed E-state index contributed by atoms with van der Waals surface area (Å²) < 4.78 is 5.42. The third kappa shape index (κ3) is 18.7. The van der Waals surface area contributed by atoms with E-state index >= 15 is 0 Å². The first kappa shape index (κ1) is 21.7. The van der Waals surface area contributed by atoms with E-state index in [1.807, 2.05) is 0 Å². The van der Waals surface area contributed by atoms with Crippen LogP contribution in [0.3, 0.4) is 0 Å². The molecule has 0 saturated heterocycles. The van der Waals surface area contributed by atoms with Gasteiger partial charge in [0.1, 0.15) is 0 Å². The highest BCUT2D eigenvalue weighted by atomic mass is 79.9. The van der Waals surface area contributed by atoms with Crippen molar-refractivity contribution < 1.29 is 4.74 Å². The zero-order valence-electron chi connectivity index (χ0n) is 14.1. The SMILES string of the molecule is CCCCCCCCCCCCCCC(Br)COCCCl. The van der Waals surface area contributed by atoms with Crippen molar-refractivity contribution in [2.24, 2.45) is 0 Å². The molecule has 0 bridgehead atoms. The number of hydrogen-bond acceptors (Lipinski definition) is 1. The van der Waals surface area contributed by atoms with E-state index in [-0.39, 0.29) is 0 Å². The fourth-order valence-electron chi connectivity index (χ4n) is 2.56. The predicted octanol–water partition coefficient (Wildman–Crippen LogP) is 7.10. The number of unbranched alkanes of at least 4 members (excludes halogenated alkanes) is 11. The van der Waals surface area contributed by atoms with Crippen molar-refractivity contribution in [2.45, 2.75) is 95.2 Å². The molecule has 1 nitrogen and oxygen atoms in total. The van der Waals surface area contributed by atoms with E-state index < -0.39 is 0 Å². The summed E-state index contributed by atoms with van der Waals surface area (Å²) in [6, 6.07) is 0. The summed E-state index contributed by atoms with van der Waals surface area (Å²) in [6.45, 7) is 3.75. The highest BCUT2D eigenvalue weighted by molar-refractivity contribution is 9.09. The maximum Gasteiger partial charge on any atom is 0.0602 e. The standard InChI is InChI=1S/C18H36BrClO/c1-2-3-4-5-6-7-8-9-10-11-12-13-14-18(19)17-21-16-15-20/h18H,2-17H2,1H3. The molecule has 0 aliphatic heterocycles. The Labute approximate surface area is 146 Å². The number of ether oxygens (including phenoxy) is 1. The Kier molecular flexibility index (Phi) is 19.4. The van der Waals surface area contributed by atoms with E-state index in [2.05, 4.69) is 22.9 Å². The quantitative estimate of drug-likeness (QED) is 0.192. The predicted molar refractivity (Wildman–Crippen MR) is 99.9 cm³/mol. The summed E-state index contributed by atoms with van der Waals surface area (Å²) >= 11 is 9.24. The Hall–Kier alpha value is 0.730. The van der Waals surface area contributed by atoms with Gasteiger partial charge in [-0.25, -0.2) is 0 Å². The van der Waals surface area contributed by atoms with Gasteiger partial charge in [0, 0.05) is 10.7 Å². The lowest BCUT2D eigenvalue weighted by molar-refractivity contribution is 0.149. The number of hydrogen-bond donors (Lipinski definition) is 0. The van der Waals surface area contributed by atoms with Crippen molar-refractivity contribution in [3.8, 4) is 0 Å². The second kappa shape index (κ2) is 18.8. The van der Waals surface area contributed by atoms with Gasteiger partial charge in [0.05, 0.1) is 13.2 Å². The van der Waals surface area contributed by atoms with Gasteiger partial charge < -0.3 is 4.74 Å². The minimum Gasteiger partial charge on any atom is -0.379 e. The van der Waals surface area contributed by atoms with Crippen molar-refractivity contribution in [1.29, 1.82) is 0 Å². The molecule has 0 N–H and O–H groups in total. The zero-order chi connectivity index (χ0) is 15.6. The van der Waals surface area contributed by atoms with Crippen LogP contribution < -0.4 is 0 Å². The molecule has 0 aliphatic rings. The van der Waals surface area contributed by atoms with Crippen molar-refractivity contribution in [3.63, 3.8) is 0 Å². The van der Waals surface area contributed by atoms with Crippen molar-refractivity contribution in [3.05, 3.63) is 0 Å². The van der Waals surface area contributed by atoms with Crippen LogP contribution in [0.4, 0.5) is 0 Å². The molecule has 0 aromatic rings. The van der Waals surface area contributed by atoms with Crippen LogP contribution in [-0.2, 0) is 4.74 Å². The Morgan fingerprint density at radius 3 is 1.76 bits per heavy atom. The first-order valence-electron chi connectivity index (χ1n) is 9.09. The molecule has 0 saturated carbocycles. The van der Waals surface area contributed by atoms with Crippen molar-refractivity contribution in [2.75, 3.05) is 19.1 Å². The molecule has 128 valence electrons. The van der Waals surface area contributed by atoms with E-state index in [4.69, 9.17) is 16.3 Å². The monoisotopic (exact) mass is 382 g/mol. The number of alkyl halides is 2. The Morgan fingerprint density at radius 1 is 0.810 bits per heavy atom. The molecule has 1 unspecified atom stereocenters. The zero-order valence-corrected chi connectivity index (χ0v) is 16.4. The van der Waals surface area contributed by atoms with Crippen LogP contribution in [0.25, 0.3) is 0 Å². The smallest absolute Gasteiger partial charge is 0.0602 e. The average Bonchev–Trinajstić information content (AvgIpc) is 2.48. The maximum atomic E-state index is 5.57. The summed E-state index contributed by atoms with van der Waals surface area (Å²) in [7, 11) is 0. The third-order valence-electron chi connectivity index (χ3n) is 3.89. The minimum atomic E-state index is 0.504. The molecule has 21 heavy (non-hydrogen) atoms. The fourth-order valence-corrected chi connectivity index (χ4v) is 3.18. The largest absolute Gasteiger partial charge is 0.379 e. The van der Waals surface area contributed by atoms with Gasteiger partial charge in [-0.05, 0) is 6.42 Å². The van der Waals surface area contributed by atoms with Crippen LogP contribution >= 0.6 is 27.5 Å². The molecule has 0 aliphatic carbocycles. The second-order valence-electron chi connectivity index (χ2n) is 6.04. The van der Waals surface area contributed by atoms with Gasteiger partial charge in [0.2, 0.25) is 0 Å². The van der Waals surface area contributed by atoms with Crippen LogP contribution in [0.5, 0.6) is 0 Å². The normalized spacial score (nSPS) is 12.7.